The summed E-state index contributed by atoms with van der Waals surface area (Å²) in [5, 5.41) is 0. The second-order valence-electron chi connectivity index (χ2n) is 10.6. The fraction of sp³-hybridized carbons (Fsp3) is 0.400. The van der Waals surface area contributed by atoms with Gasteiger partial charge in [0.1, 0.15) is 11.6 Å². The molecule has 2 atom stereocenters. The van der Waals surface area contributed by atoms with E-state index in [-0.39, 0.29) is 6.04 Å². The molecule has 3 aliphatic rings. The standard InChI is InChI=1S/C20H22F2N2.C13H19N.C2H4/c1-3-4-5-9-18-20(15-12-11-14(21)13-16(15)22)24(2)19-10-7-6-8-17(19)23-18;1-11(2)14-9-8-13(10-14)12-6-4-3-5-7-12;1-2/h6-8,10-13,20H,3-5,9H2,1-2H3;4,6-7,13H,1,3,5,8-10H2,2H3;1-2H2. The summed E-state index contributed by atoms with van der Waals surface area (Å²) in [4.78, 5) is 9.24. The number of nitrogens with zero attached hydrogens (tertiary/aromatic N) is 3. The highest BCUT2D eigenvalue weighted by Gasteiger charge is 2.30. The van der Waals surface area contributed by atoms with Crippen LogP contribution in [0.2, 0.25) is 0 Å². The molecule has 1 aliphatic carbocycles. The first-order chi connectivity index (χ1) is 19.4. The van der Waals surface area contributed by atoms with E-state index in [2.05, 4.69) is 56.7 Å². The van der Waals surface area contributed by atoms with Gasteiger partial charge in [0.05, 0.1) is 17.4 Å². The maximum Gasteiger partial charge on any atom is 0.131 e. The third-order valence-electron chi connectivity index (χ3n) is 7.75. The molecule has 0 aromatic heterocycles. The van der Waals surface area contributed by atoms with Crippen LogP contribution >= 0.6 is 0 Å². The number of hydrogen-bond donors (Lipinski definition) is 0. The first kappa shape index (κ1) is 31.1. The number of unbranched alkanes of at least 4 members (excludes halogenated alkanes) is 2. The molecule has 5 heteroatoms. The van der Waals surface area contributed by atoms with Crippen molar-refractivity contribution < 1.29 is 8.78 Å². The van der Waals surface area contributed by atoms with Gasteiger partial charge in [-0.1, -0.05) is 62.8 Å². The Bertz CT molecular complexity index is 1230. The van der Waals surface area contributed by atoms with Crippen LogP contribution in [0.25, 0.3) is 0 Å². The molecular weight excluding hydrogens is 500 g/mol. The number of para-hydroxylation sites is 2. The van der Waals surface area contributed by atoms with Crippen LogP contribution in [-0.2, 0) is 0 Å². The van der Waals surface area contributed by atoms with E-state index in [1.165, 1.54) is 50.2 Å². The fourth-order valence-electron chi connectivity index (χ4n) is 5.61. The van der Waals surface area contributed by atoms with Crippen LogP contribution in [0.15, 0.2) is 96.7 Å². The quantitative estimate of drug-likeness (QED) is 0.255. The van der Waals surface area contributed by atoms with E-state index < -0.39 is 11.6 Å². The predicted molar refractivity (Wildman–Crippen MR) is 167 cm³/mol. The SMILES string of the molecule is C=C.C=C(C)N1CCC(C2=CCCC=C2)C1.CCCCCC1=Nc2ccccc2N(C)C1c1ccc(F)cc1F. The molecule has 1 fully saturated rings. The van der Waals surface area contributed by atoms with Gasteiger partial charge in [-0.05, 0) is 62.8 Å². The first-order valence-electron chi connectivity index (χ1n) is 14.5. The Morgan fingerprint density at radius 3 is 2.50 bits per heavy atom. The molecule has 0 N–H and O–H groups in total. The lowest BCUT2D eigenvalue weighted by atomic mass is 9.93. The van der Waals surface area contributed by atoms with Crippen molar-refractivity contribution in [2.24, 2.45) is 10.9 Å². The second-order valence-corrected chi connectivity index (χ2v) is 10.6. The van der Waals surface area contributed by atoms with Gasteiger partial charge in [-0.2, -0.15) is 0 Å². The lowest BCUT2D eigenvalue weighted by Gasteiger charge is -2.36. The molecule has 2 aromatic carbocycles. The summed E-state index contributed by atoms with van der Waals surface area (Å²) in [7, 11) is 1.95. The van der Waals surface area contributed by atoms with Crippen molar-refractivity contribution in [2.75, 3.05) is 25.0 Å². The van der Waals surface area contributed by atoms with Crippen LogP contribution < -0.4 is 4.90 Å². The van der Waals surface area contributed by atoms with Gasteiger partial charge in [-0.3, -0.25) is 4.99 Å². The molecule has 0 radical (unpaired) electrons. The zero-order chi connectivity index (χ0) is 29.1. The zero-order valence-electron chi connectivity index (χ0n) is 24.5. The highest BCUT2D eigenvalue weighted by molar-refractivity contribution is 5.99. The van der Waals surface area contributed by atoms with Crippen LogP contribution in [0, 0.1) is 17.6 Å². The maximum absolute atomic E-state index is 14.4. The second kappa shape index (κ2) is 15.4. The van der Waals surface area contributed by atoms with E-state index in [4.69, 9.17) is 4.99 Å². The smallest absolute Gasteiger partial charge is 0.131 e. The lowest BCUT2D eigenvalue weighted by Crippen LogP contribution is -2.34. The molecule has 0 bridgehead atoms. The summed E-state index contributed by atoms with van der Waals surface area (Å²) in [6, 6.07) is 11.4. The van der Waals surface area contributed by atoms with Crippen LogP contribution in [0.1, 0.15) is 70.4 Å². The van der Waals surface area contributed by atoms with E-state index in [9.17, 15) is 8.78 Å². The molecule has 3 nitrogen and oxygen atoms in total. The van der Waals surface area contributed by atoms with Crippen molar-refractivity contribution in [3.8, 4) is 0 Å². The zero-order valence-corrected chi connectivity index (χ0v) is 24.5. The molecule has 0 amide bonds. The van der Waals surface area contributed by atoms with Gasteiger partial charge >= 0.3 is 0 Å². The Balaban J connectivity index is 0.000000234. The van der Waals surface area contributed by atoms with Crippen molar-refractivity contribution in [1.82, 2.24) is 4.90 Å². The molecule has 0 saturated carbocycles. The van der Waals surface area contributed by atoms with Crippen molar-refractivity contribution in [1.29, 1.82) is 0 Å². The van der Waals surface area contributed by atoms with Crippen molar-refractivity contribution in [2.45, 2.75) is 64.8 Å². The Labute approximate surface area is 240 Å². The number of hydrogen-bond acceptors (Lipinski definition) is 3. The van der Waals surface area contributed by atoms with E-state index in [1.807, 2.05) is 36.2 Å². The normalized spacial score (nSPS) is 19.4. The van der Waals surface area contributed by atoms with Gasteiger partial charge < -0.3 is 9.80 Å². The number of benzene rings is 2. The topological polar surface area (TPSA) is 18.8 Å². The highest BCUT2D eigenvalue weighted by atomic mass is 19.1. The average Bonchev–Trinajstić information content (AvgIpc) is 3.47. The largest absolute Gasteiger partial charge is 0.375 e. The van der Waals surface area contributed by atoms with E-state index in [0.717, 1.165) is 54.8 Å². The Morgan fingerprint density at radius 1 is 1.07 bits per heavy atom. The van der Waals surface area contributed by atoms with Gasteiger partial charge in [0, 0.05) is 49.1 Å². The fourth-order valence-corrected chi connectivity index (χ4v) is 5.61. The van der Waals surface area contributed by atoms with Gasteiger partial charge in [-0.15, -0.1) is 13.2 Å². The number of halogens is 2. The van der Waals surface area contributed by atoms with Crippen molar-refractivity contribution in [3.05, 3.63) is 109 Å². The summed E-state index contributed by atoms with van der Waals surface area (Å²) >= 11 is 0. The molecule has 1 saturated heterocycles. The van der Waals surface area contributed by atoms with E-state index in [1.54, 1.807) is 5.57 Å². The minimum absolute atomic E-state index is 0.294. The van der Waals surface area contributed by atoms with Crippen molar-refractivity contribution >= 4 is 17.1 Å². The first-order valence-corrected chi connectivity index (χ1v) is 14.5. The Hall–Kier alpha value is -3.47. The summed E-state index contributed by atoms with van der Waals surface area (Å²) in [5.74, 6) is -0.322. The summed E-state index contributed by atoms with van der Waals surface area (Å²) in [6.45, 7) is 16.6. The summed E-state index contributed by atoms with van der Waals surface area (Å²) in [6.07, 6.45) is 14.8. The molecule has 2 aliphatic heterocycles. The molecule has 0 spiro atoms. The van der Waals surface area contributed by atoms with Gasteiger partial charge in [0.25, 0.3) is 0 Å². The maximum atomic E-state index is 14.4. The number of fused-ring (bicyclic) bond motifs is 1. The van der Waals surface area contributed by atoms with E-state index in [0.29, 0.717) is 5.56 Å². The monoisotopic (exact) mass is 545 g/mol. The number of aliphatic imine (C=N–C) groups is 1. The third kappa shape index (κ3) is 7.80. The molecule has 2 heterocycles. The highest BCUT2D eigenvalue weighted by Crippen LogP contribution is 2.41. The van der Waals surface area contributed by atoms with Gasteiger partial charge in [0.15, 0.2) is 0 Å². The van der Waals surface area contributed by atoms with Crippen LogP contribution in [0.3, 0.4) is 0 Å². The molecule has 2 unspecified atom stereocenters. The predicted octanol–water partition coefficient (Wildman–Crippen LogP) is 9.73. The minimum Gasteiger partial charge on any atom is -0.375 e. The summed E-state index contributed by atoms with van der Waals surface area (Å²) < 4.78 is 27.7. The van der Waals surface area contributed by atoms with Crippen LogP contribution in [0.4, 0.5) is 20.2 Å². The number of allylic oxidation sites excluding steroid dienone is 4. The molecule has 214 valence electrons. The number of rotatable bonds is 7. The van der Waals surface area contributed by atoms with E-state index >= 15 is 0 Å². The van der Waals surface area contributed by atoms with Gasteiger partial charge in [0.2, 0.25) is 0 Å². The van der Waals surface area contributed by atoms with Crippen LogP contribution in [0.5, 0.6) is 0 Å². The Kier molecular flexibility index (Phi) is 11.9. The molecular formula is C35H45F2N3. The number of likely N-dealkylation sites (tertiary alicyclic amines) is 1. The summed E-state index contributed by atoms with van der Waals surface area (Å²) in [5.41, 5.74) is 6.06. The Morgan fingerprint density at radius 2 is 1.85 bits per heavy atom. The minimum atomic E-state index is -0.556. The van der Waals surface area contributed by atoms with Crippen molar-refractivity contribution in [3.63, 3.8) is 0 Å². The third-order valence-corrected chi connectivity index (χ3v) is 7.75. The average molecular weight is 546 g/mol. The lowest BCUT2D eigenvalue weighted by molar-refractivity contribution is 0.417. The van der Waals surface area contributed by atoms with Gasteiger partial charge in [-0.25, -0.2) is 8.78 Å². The molecule has 5 rings (SSSR count). The van der Waals surface area contributed by atoms with Crippen LogP contribution in [-0.4, -0.2) is 30.7 Å². The molecule has 40 heavy (non-hydrogen) atoms. The number of anilines is 1. The molecule has 2 aromatic rings.